The molecule has 0 aliphatic carbocycles. The molecule has 0 radical (unpaired) electrons. The van der Waals surface area contributed by atoms with Crippen LogP contribution in [0.5, 0.6) is 0 Å². The average Bonchev–Trinajstić information content (AvgIpc) is 2.98. The Morgan fingerprint density at radius 1 is 1.08 bits per heavy atom. The number of aromatic amines is 1. The third-order valence-corrected chi connectivity index (χ3v) is 3.98. The quantitative estimate of drug-likeness (QED) is 0.772. The van der Waals surface area contributed by atoms with Gasteiger partial charge in [-0.25, -0.2) is 4.98 Å². The van der Waals surface area contributed by atoms with Crippen LogP contribution in [0.25, 0.3) is 11.4 Å². The lowest BCUT2D eigenvalue weighted by atomic mass is 10.00. The minimum absolute atomic E-state index is 0.0317. The van der Waals surface area contributed by atoms with Gasteiger partial charge in [-0.15, -0.1) is 0 Å². The highest BCUT2D eigenvalue weighted by molar-refractivity contribution is 5.93. The summed E-state index contributed by atoms with van der Waals surface area (Å²) < 4.78 is 0. The van der Waals surface area contributed by atoms with Crippen molar-refractivity contribution in [3.8, 4) is 11.4 Å². The molecule has 1 heterocycles. The van der Waals surface area contributed by atoms with E-state index in [1.54, 1.807) is 0 Å². The summed E-state index contributed by atoms with van der Waals surface area (Å²) in [5, 5.41) is 9.93. The van der Waals surface area contributed by atoms with E-state index in [2.05, 4.69) is 20.5 Å². The van der Waals surface area contributed by atoms with Gasteiger partial charge >= 0.3 is 0 Å². The van der Waals surface area contributed by atoms with Gasteiger partial charge in [0.25, 0.3) is 0 Å². The fraction of sp³-hybridized carbons (Fsp3) is 0.211. The minimum Gasteiger partial charge on any atom is -0.326 e. The molecule has 24 heavy (non-hydrogen) atoms. The van der Waals surface area contributed by atoms with Crippen LogP contribution in [0.3, 0.4) is 0 Å². The maximum absolute atomic E-state index is 12.4. The monoisotopic (exact) mass is 320 g/mol. The largest absolute Gasteiger partial charge is 0.326 e. The van der Waals surface area contributed by atoms with Gasteiger partial charge in [-0.3, -0.25) is 9.89 Å². The van der Waals surface area contributed by atoms with E-state index in [1.165, 1.54) is 0 Å². The molecule has 0 bridgehead atoms. The molecule has 3 rings (SSSR count). The number of nitrogens with one attached hydrogen (secondary N) is 2. The van der Waals surface area contributed by atoms with Crippen LogP contribution in [0.2, 0.25) is 0 Å². The van der Waals surface area contributed by atoms with Crippen molar-refractivity contribution in [3.63, 3.8) is 0 Å². The second-order valence-electron chi connectivity index (χ2n) is 5.92. The Morgan fingerprint density at radius 2 is 1.79 bits per heavy atom. The SMILES string of the molecule is Cc1nc(-c2cccc(NC(=O)Cc3c(C)cccc3C)c2)n[nH]1. The lowest BCUT2D eigenvalue weighted by molar-refractivity contribution is -0.115. The number of aryl methyl sites for hydroxylation is 3. The zero-order valence-electron chi connectivity index (χ0n) is 14.1. The Labute approximate surface area is 141 Å². The van der Waals surface area contributed by atoms with Crippen LogP contribution < -0.4 is 5.32 Å². The van der Waals surface area contributed by atoms with Crippen molar-refractivity contribution in [3.05, 3.63) is 65.0 Å². The van der Waals surface area contributed by atoms with E-state index < -0.39 is 0 Å². The molecular weight excluding hydrogens is 300 g/mol. The summed E-state index contributed by atoms with van der Waals surface area (Å²) in [4.78, 5) is 16.7. The molecule has 0 spiro atoms. The number of nitrogens with zero attached hydrogens (tertiary/aromatic N) is 2. The molecule has 0 aliphatic heterocycles. The average molecular weight is 320 g/mol. The van der Waals surface area contributed by atoms with Crippen LogP contribution in [0, 0.1) is 20.8 Å². The normalized spacial score (nSPS) is 10.6. The maximum atomic E-state index is 12.4. The van der Waals surface area contributed by atoms with E-state index in [9.17, 15) is 4.79 Å². The number of benzene rings is 2. The predicted molar refractivity (Wildman–Crippen MR) is 94.8 cm³/mol. The van der Waals surface area contributed by atoms with Gasteiger partial charge in [0.15, 0.2) is 5.82 Å². The molecule has 2 N–H and O–H groups in total. The van der Waals surface area contributed by atoms with E-state index >= 15 is 0 Å². The third-order valence-electron chi connectivity index (χ3n) is 3.98. The number of carbonyl (C=O) groups excluding carboxylic acids is 1. The fourth-order valence-corrected chi connectivity index (χ4v) is 2.70. The Kier molecular flexibility index (Phi) is 4.42. The lowest BCUT2D eigenvalue weighted by Gasteiger charge is -2.10. The maximum Gasteiger partial charge on any atom is 0.228 e. The standard InChI is InChI=1S/C19H20N4O/c1-12-6-4-7-13(2)17(12)11-18(24)21-16-9-5-8-15(10-16)19-20-14(3)22-23-19/h4-10H,11H2,1-3H3,(H,21,24)(H,20,22,23). The molecule has 1 amide bonds. The molecule has 3 aromatic rings. The van der Waals surface area contributed by atoms with Gasteiger partial charge in [-0.2, -0.15) is 5.10 Å². The molecule has 0 atom stereocenters. The van der Waals surface area contributed by atoms with Crippen molar-refractivity contribution >= 4 is 11.6 Å². The summed E-state index contributed by atoms with van der Waals surface area (Å²) in [5.74, 6) is 1.35. The van der Waals surface area contributed by atoms with Crippen molar-refractivity contribution in [2.45, 2.75) is 27.2 Å². The van der Waals surface area contributed by atoms with Crippen LogP contribution >= 0.6 is 0 Å². The first-order valence-corrected chi connectivity index (χ1v) is 7.87. The van der Waals surface area contributed by atoms with Crippen LogP contribution in [0.15, 0.2) is 42.5 Å². The summed E-state index contributed by atoms with van der Waals surface area (Å²) in [6, 6.07) is 13.6. The Hall–Kier alpha value is -2.95. The van der Waals surface area contributed by atoms with Crippen LogP contribution in [-0.2, 0) is 11.2 Å². The van der Waals surface area contributed by atoms with Crippen molar-refractivity contribution in [2.24, 2.45) is 0 Å². The topological polar surface area (TPSA) is 70.7 Å². The van der Waals surface area contributed by atoms with Gasteiger partial charge in [-0.05, 0) is 49.6 Å². The number of amides is 1. The molecule has 5 nitrogen and oxygen atoms in total. The summed E-state index contributed by atoms with van der Waals surface area (Å²) in [6.45, 7) is 5.91. The second kappa shape index (κ2) is 6.66. The van der Waals surface area contributed by atoms with E-state index in [4.69, 9.17) is 0 Å². The van der Waals surface area contributed by atoms with Gasteiger partial charge in [0.1, 0.15) is 5.82 Å². The molecule has 0 saturated carbocycles. The van der Waals surface area contributed by atoms with Gasteiger partial charge in [0.05, 0.1) is 6.42 Å². The van der Waals surface area contributed by atoms with Crippen molar-refractivity contribution in [1.29, 1.82) is 0 Å². The molecule has 0 saturated heterocycles. The summed E-state index contributed by atoms with van der Waals surface area (Å²) >= 11 is 0. The lowest BCUT2D eigenvalue weighted by Crippen LogP contribution is -2.15. The summed E-state index contributed by atoms with van der Waals surface area (Å²) in [7, 11) is 0. The highest BCUT2D eigenvalue weighted by Crippen LogP contribution is 2.20. The molecule has 0 fully saturated rings. The van der Waals surface area contributed by atoms with Gasteiger partial charge in [0, 0.05) is 11.3 Å². The molecule has 0 unspecified atom stereocenters. The number of hydrogen-bond donors (Lipinski definition) is 2. The van der Waals surface area contributed by atoms with E-state index in [1.807, 2.05) is 63.2 Å². The van der Waals surface area contributed by atoms with Crippen molar-refractivity contribution in [1.82, 2.24) is 15.2 Å². The highest BCUT2D eigenvalue weighted by atomic mass is 16.1. The van der Waals surface area contributed by atoms with E-state index in [0.717, 1.165) is 33.8 Å². The predicted octanol–water partition coefficient (Wildman–Crippen LogP) is 3.58. The van der Waals surface area contributed by atoms with E-state index in [-0.39, 0.29) is 5.91 Å². The summed E-state index contributed by atoms with van der Waals surface area (Å²) in [6.07, 6.45) is 0.364. The highest BCUT2D eigenvalue weighted by Gasteiger charge is 2.10. The molecule has 1 aromatic heterocycles. The van der Waals surface area contributed by atoms with Gasteiger partial charge < -0.3 is 5.32 Å². The third kappa shape index (κ3) is 3.51. The number of carbonyl (C=O) groups is 1. The number of H-pyrrole nitrogens is 1. The van der Waals surface area contributed by atoms with E-state index in [0.29, 0.717) is 12.2 Å². The number of rotatable bonds is 4. The Bertz CT molecular complexity index is 862. The number of hydrogen-bond acceptors (Lipinski definition) is 3. The van der Waals surface area contributed by atoms with Gasteiger partial charge in [-0.1, -0.05) is 30.3 Å². The van der Waals surface area contributed by atoms with Crippen LogP contribution in [0.1, 0.15) is 22.5 Å². The first-order chi connectivity index (χ1) is 11.5. The molecule has 122 valence electrons. The Balaban J connectivity index is 1.75. The van der Waals surface area contributed by atoms with Crippen LogP contribution in [0.4, 0.5) is 5.69 Å². The second-order valence-corrected chi connectivity index (χ2v) is 5.92. The van der Waals surface area contributed by atoms with Crippen molar-refractivity contribution in [2.75, 3.05) is 5.32 Å². The first-order valence-electron chi connectivity index (χ1n) is 7.87. The zero-order chi connectivity index (χ0) is 17.1. The fourth-order valence-electron chi connectivity index (χ4n) is 2.70. The molecule has 0 aliphatic rings. The minimum atomic E-state index is -0.0317. The molecule has 2 aromatic carbocycles. The Morgan fingerprint density at radius 3 is 2.46 bits per heavy atom. The first kappa shape index (κ1) is 15.9. The van der Waals surface area contributed by atoms with Gasteiger partial charge in [0.2, 0.25) is 5.91 Å². The molecule has 5 heteroatoms. The number of aromatic nitrogens is 3. The van der Waals surface area contributed by atoms with Crippen LogP contribution in [-0.4, -0.2) is 21.1 Å². The molecular formula is C19H20N4O. The smallest absolute Gasteiger partial charge is 0.228 e. The van der Waals surface area contributed by atoms with Crippen molar-refractivity contribution < 1.29 is 4.79 Å². The summed E-state index contributed by atoms with van der Waals surface area (Å²) in [5.41, 5.74) is 4.95. The zero-order valence-corrected chi connectivity index (χ0v) is 14.1. The number of anilines is 1.